The number of hydrogen-bond acceptors (Lipinski definition) is 2. The maximum atomic E-state index is 13.4. The summed E-state index contributed by atoms with van der Waals surface area (Å²) in [5.74, 6) is -1.26. The summed E-state index contributed by atoms with van der Waals surface area (Å²) < 4.78 is 0. The maximum Gasteiger partial charge on any atom is 0.326 e. The van der Waals surface area contributed by atoms with E-state index in [9.17, 15) is 14.7 Å². The van der Waals surface area contributed by atoms with Crippen LogP contribution in [0.25, 0.3) is 0 Å². The summed E-state index contributed by atoms with van der Waals surface area (Å²) in [5.41, 5.74) is 0.719. The maximum absolute atomic E-state index is 13.4. The predicted octanol–water partition coefficient (Wildman–Crippen LogP) is 5.31. The minimum absolute atomic E-state index is 0.284. The van der Waals surface area contributed by atoms with Crippen LogP contribution in [0.2, 0.25) is 0 Å². The second-order valence-electron chi connectivity index (χ2n) is 7.78. The second-order valence-corrected chi connectivity index (χ2v) is 7.78. The molecule has 0 aliphatic rings. The van der Waals surface area contributed by atoms with E-state index in [1.807, 2.05) is 67.6 Å². The van der Waals surface area contributed by atoms with Crippen LogP contribution >= 0.6 is 0 Å². The molecule has 1 atom stereocenters. The van der Waals surface area contributed by atoms with Gasteiger partial charge in [0.25, 0.3) is 0 Å². The number of carbonyl (C=O) groups is 2. The van der Waals surface area contributed by atoms with Crippen molar-refractivity contribution in [3.63, 3.8) is 0 Å². The lowest BCUT2D eigenvalue weighted by molar-refractivity contribution is -0.142. The van der Waals surface area contributed by atoms with Gasteiger partial charge >= 0.3 is 5.97 Å². The number of amides is 1. The molecule has 2 aromatic rings. The Morgan fingerprint density at radius 1 is 0.862 bits per heavy atom. The van der Waals surface area contributed by atoms with E-state index in [4.69, 9.17) is 0 Å². The van der Waals surface area contributed by atoms with Crippen LogP contribution in [-0.4, -0.2) is 23.0 Å². The molecule has 156 valence electrons. The minimum Gasteiger partial charge on any atom is -0.480 e. The molecular formula is C25H33NO3. The quantitative estimate of drug-likeness (QED) is 0.479. The highest BCUT2D eigenvalue weighted by Crippen LogP contribution is 2.32. The monoisotopic (exact) mass is 395 g/mol. The molecule has 2 N–H and O–H groups in total. The smallest absolute Gasteiger partial charge is 0.326 e. The summed E-state index contributed by atoms with van der Waals surface area (Å²) in [6, 6.07) is 18.2. The van der Waals surface area contributed by atoms with Gasteiger partial charge in [-0.3, -0.25) is 4.79 Å². The van der Waals surface area contributed by atoms with Gasteiger partial charge in [0, 0.05) is 0 Å². The van der Waals surface area contributed by atoms with Crippen LogP contribution in [0.15, 0.2) is 60.7 Å². The van der Waals surface area contributed by atoms with Gasteiger partial charge in [-0.05, 0) is 24.5 Å². The number of unbranched alkanes of at least 4 members (excludes halogenated alkanes) is 5. The van der Waals surface area contributed by atoms with Crippen LogP contribution in [0.3, 0.4) is 0 Å². The fourth-order valence-electron chi connectivity index (χ4n) is 3.66. The summed E-state index contributed by atoms with van der Waals surface area (Å²) in [6.07, 6.45) is 6.94. The Bertz CT molecular complexity index is 719. The molecular weight excluding hydrogens is 362 g/mol. The van der Waals surface area contributed by atoms with Gasteiger partial charge in [0.05, 0.1) is 5.41 Å². The van der Waals surface area contributed by atoms with E-state index in [1.165, 1.54) is 19.3 Å². The van der Waals surface area contributed by atoms with Crippen LogP contribution in [0.4, 0.5) is 0 Å². The summed E-state index contributed by atoms with van der Waals surface area (Å²) in [5, 5.41) is 12.5. The molecule has 2 aromatic carbocycles. The van der Waals surface area contributed by atoms with Crippen LogP contribution in [0.5, 0.6) is 0 Å². The molecule has 0 unspecified atom stereocenters. The zero-order valence-electron chi connectivity index (χ0n) is 17.6. The van der Waals surface area contributed by atoms with Crippen molar-refractivity contribution in [2.75, 3.05) is 0 Å². The first-order valence-corrected chi connectivity index (χ1v) is 10.6. The molecule has 0 aliphatic heterocycles. The molecule has 4 heteroatoms. The average Bonchev–Trinajstić information content (AvgIpc) is 2.75. The molecule has 2 rings (SSSR count). The molecule has 0 fully saturated rings. The van der Waals surface area contributed by atoms with E-state index in [0.29, 0.717) is 6.42 Å². The molecule has 0 saturated heterocycles. The van der Waals surface area contributed by atoms with E-state index >= 15 is 0 Å². The van der Waals surface area contributed by atoms with Crippen LogP contribution in [0.1, 0.15) is 69.9 Å². The predicted molar refractivity (Wildman–Crippen MR) is 117 cm³/mol. The van der Waals surface area contributed by atoms with Crippen molar-refractivity contribution in [2.24, 2.45) is 0 Å². The average molecular weight is 396 g/mol. The lowest BCUT2D eigenvalue weighted by atomic mass is 9.75. The number of carboxylic acid groups (broad SMARTS) is 1. The number of carbonyl (C=O) groups excluding carboxylic acids is 1. The molecule has 0 aliphatic carbocycles. The highest BCUT2D eigenvalue weighted by atomic mass is 16.4. The Balaban J connectivity index is 2.14. The lowest BCUT2D eigenvalue weighted by Crippen LogP contribution is -2.50. The first kappa shape index (κ1) is 22.7. The van der Waals surface area contributed by atoms with Crippen molar-refractivity contribution in [1.29, 1.82) is 0 Å². The third kappa shape index (κ3) is 6.18. The van der Waals surface area contributed by atoms with E-state index < -0.39 is 17.4 Å². The largest absolute Gasteiger partial charge is 0.480 e. The van der Waals surface area contributed by atoms with Crippen molar-refractivity contribution >= 4 is 11.9 Å². The van der Waals surface area contributed by atoms with E-state index in [-0.39, 0.29) is 5.91 Å². The van der Waals surface area contributed by atoms with Gasteiger partial charge in [-0.15, -0.1) is 0 Å². The van der Waals surface area contributed by atoms with Gasteiger partial charge in [0.15, 0.2) is 0 Å². The zero-order chi connectivity index (χ0) is 21.1. The fourth-order valence-corrected chi connectivity index (χ4v) is 3.66. The van der Waals surface area contributed by atoms with Gasteiger partial charge in [0.2, 0.25) is 5.91 Å². The topological polar surface area (TPSA) is 66.4 Å². The Kier molecular flexibility index (Phi) is 8.91. The number of hydrogen-bond donors (Lipinski definition) is 2. The lowest BCUT2D eigenvalue weighted by Gasteiger charge is -2.31. The molecule has 0 heterocycles. The SMILES string of the molecule is CCCCCCCC[C@H](NC(=O)C(C)(c1ccccc1)c1ccccc1)C(=O)O. The normalized spacial score (nSPS) is 12.3. The fraction of sp³-hybridized carbons (Fsp3) is 0.440. The van der Waals surface area contributed by atoms with Gasteiger partial charge in [-0.2, -0.15) is 0 Å². The third-order valence-corrected chi connectivity index (χ3v) is 5.61. The first-order valence-electron chi connectivity index (χ1n) is 10.6. The number of carboxylic acids is 1. The Morgan fingerprint density at radius 2 is 1.34 bits per heavy atom. The second kappa shape index (κ2) is 11.4. The van der Waals surface area contributed by atoms with Crippen molar-refractivity contribution in [3.05, 3.63) is 71.8 Å². The number of aliphatic carboxylic acids is 1. The number of nitrogens with one attached hydrogen (secondary N) is 1. The zero-order valence-corrected chi connectivity index (χ0v) is 17.6. The van der Waals surface area contributed by atoms with E-state index in [2.05, 4.69) is 12.2 Å². The van der Waals surface area contributed by atoms with Crippen molar-refractivity contribution in [3.8, 4) is 0 Å². The highest BCUT2D eigenvalue weighted by Gasteiger charge is 2.38. The summed E-state index contributed by atoms with van der Waals surface area (Å²) in [6.45, 7) is 4.03. The Hall–Kier alpha value is -2.62. The van der Waals surface area contributed by atoms with Crippen LogP contribution < -0.4 is 5.32 Å². The van der Waals surface area contributed by atoms with Gasteiger partial charge in [-0.25, -0.2) is 4.79 Å². The van der Waals surface area contributed by atoms with Crippen molar-refractivity contribution in [1.82, 2.24) is 5.32 Å². The summed E-state index contributed by atoms with van der Waals surface area (Å²) >= 11 is 0. The molecule has 0 bridgehead atoms. The summed E-state index contributed by atoms with van der Waals surface area (Å²) in [7, 11) is 0. The van der Waals surface area contributed by atoms with Gasteiger partial charge < -0.3 is 10.4 Å². The van der Waals surface area contributed by atoms with E-state index in [0.717, 1.165) is 30.4 Å². The van der Waals surface area contributed by atoms with Gasteiger partial charge in [-0.1, -0.05) is 106 Å². The van der Waals surface area contributed by atoms with Crippen LogP contribution in [-0.2, 0) is 15.0 Å². The first-order chi connectivity index (χ1) is 14.0. The molecule has 0 aromatic heterocycles. The summed E-state index contributed by atoms with van der Waals surface area (Å²) in [4.78, 5) is 25.2. The van der Waals surface area contributed by atoms with Crippen molar-refractivity contribution in [2.45, 2.75) is 70.3 Å². The van der Waals surface area contributed by atoms with Crippen molar-refractivity contribution < 1.29 is 14.7 Å². The molecule has 4 nitrogen and oxygen atoms in total. The molecule has 29 heavy (non-hydrogen) atoms. The third-order valence-electron chi connectivity index (χ3n) is 5.61. The molecule has 0 spiro atoms. The minimum atomic E-state index is -0.976. The molecule has 1 amide bonds. The number of rotatable bonds is 12. The number of benzene rings is 2. The standard InChI is InChI=1S/C25H33NO3/c1-3-4-5-6-7-14-19-22(23(27)28)26-24(29)25(2,20-15-10-8-11-16-20)21-17-12-9-13-18-21/h8-13,15-18,22H,3-7,14,19H2,1-2H3,(H,26,29)(H,27,28)/t22-/m0/s1. The highest BCUT2D eigenvalue weighted by molar-refractivity contribution is 5.94. The molecule has 0 saturated carbocycles. The molecule has 0 radical (unpaired) electrons. The van der Waals surface area contributed by atoms with Crippen LogP contribution in [0, 0.1) is 0 Å². The Morgan fingerprint density at radius 3 is 1.83 bits per heavy atom. The van der Waals surface area contributed by atoms with Gasteiger partial charge in [0.1, 0.15) is 6.04 Å². The van der Waals surface area contributed by atoms with E-state index in [1.54, 1.807) is 0 Å². The Labute approximate surface area is 174 Å².